The predicted octanol–water partition coefficient (Wildman–Crippen LogP) is 0.232. The SMILES string of the molecule is OC1CON(CCc2cccnc2)C1. The number of pyridine rings is 1. The first-order valence-electron chi connectivity index (χ1n) is 4.79. The van der Waals surface area contributed by atoms with Crippen molar-refractivity contribution in [1.82, 2.24) is 10.0 Å². The van der Waals surface area contributed by atoms with Crippen molar-refractivity contribution in [2.45, 2.75) is 12.5 Å². The topological polar surface area (TPSA) is 45.6 Å². The van der Waals surface area contributed by atoms with Gasteiger partial charge in [-0.25, -0.2) is 0 Å². The molecular formula is C10H14N2O2. The molecule has 4 heteroatoms. The highest BCUT2D eigenvalue weighted by molar-refractivity contribution is 5.08. The molecule has 2 heterocycles. The number of hydrogen-bond donors (Lipinski definition) is 1. The number of β-amino-alcohol motifs (C(OH)–C–C–N with tert-alkyl or cyclic N) is 1. The van der Waals surface area contributed by atoms with Gasteiger partial charge >= 0.3 is 0 Å². The Morgan fingerprint density at radius 3 is 3.21 bits per heavy atom. The van der Waals surface area contributed by atoms with Crippen molar-refractivity contribution in [3.63, 3.8) is 0 Å². The first-order chi connectivity index (χ1) is 6.84. The van der Waals surface area contributed by atoms with Crippen LogP contribution in [-0.2, 0) is 11.3 Å². The van der Waals surface area contributed by atoms with Crippen LogP contribution in [0.4, 0.5) is 0 Å². The van der Waals surface area contributed by atoms with Crippen LogP contribution in [0.1, 0.15) is 5.56 Å². The number of nitrogens with zero attached hydrogens (tertiary/aromatic N) is 2. The highest BCUT2D eigenvalue weighted by atomic mass is 16.7. The second kappa shape index (κ2) is 4.50. The minimum Gasteiger partial charge on any atom is -0.389 e. The van der Waals surface area contributed by atoms with E-state index in [0.717, 1.165) is 13.0 Å². The molecule has 14 heavy (non-hydrogen) atoms. The normalized spacial score (nSPS) is 22.8. The van der Waals surface area contributed by atoms with Gasteiger partial charge in [0.15, 0.2) is 0 Å². The van der Waals surface area contributed by atoms with Gasteiger partial charge in [0.2, 0.25) is 0 Å². The van der Waals surface area contributed by atoms with E-state index in [9.17, 15) is 5.11 Å². The smallest absolute Gasteiger partial charge is 0.0958 e. The van der Waals surface area contributed by atoms with Crippen molar-refractivity contribution < 1.29 is 9.94 Å². The van der Waals surface area contributed by atoms with Gasteiger partial charge in [0.05, 0.1) is 19.3 Å². The molecule has 1 fully saturated rings. The monoisotopic (exact) mass is 194 g/mol. The first-order valence-corrected chi connectivity index (χ1v) is 4.79. The van der Waals surface area contributed by atoms with Gasteiger partial charge in [-0.3, -0.25) is 9.82 Å². The standard InChI is InChI=1S/C10H14N2O2/c13-10-7-12(14-8-10)5-3-9-2-1-4-11-6-9/h1-2,4,6,10,13H,3,5,7-8H2. The van der Waals surface area contributed by atoms with Crippen molar-refractivity contribution >= 4 is 0 Å². The van der Waals surface area contributed by atoms with Gasteiger partial charge < -0.3 is 5.11 Å². The molecule has 1 N–H and O–H groups in total. The number of hydroxylamine groups is 2. The van der Waals surface area contributed by atoms with E-state index in [0.29, 0.717) is 13.2 Å². The lowest BCUT2D eigenvalue weighted by Gasteiger charge is -2.12. The van der Waals surface area contributed by atoms with Crippen LogP contribution in [0, 0.1) is 0 Å². The van der Waals surface area contributed by atoms with E-state index < -0.39 is 0 Å². The zero-order valence-electron chi connectivity index (χ0n) is 7.97. The second-order valence-corrected chi connectivity index (χ2v) is 3.45. The molecule has 1 aromatic rings. The zero-order valence-corrected chi connectivity index (χ0v) is 7.97. The van der Waals surface area contributed by atoms with Crippen molar-refractivity contribution in [2.75, 3.05) is 19.7 Å². The molecule has 1 aromatic heterocycles. The van der Waals surface area contributed by atoms with E-state index in [1.807, 2.05) is 18.3 Å². The van der Waals surface area contributed by atoms with Gasteiger partial charge in [0, 0.05) is 18.9 Å². The Balaban J connectivity index is 1.78. The lowest BCUT2D eigenvalue weighted by Crippen LogP contribution is -2.23. The van der Waals surface area contributed by atoms with Gasteiger partial charge in [0.1, 0.15) is 0 Å². The Kier molecular flexibility index (Phi) is 3.08. The summed E-state index contributed by atoms with van der Waals surface area (Å²) in [5.74, 6) is 0. The molecule has 1 unspecified atom stereocenters. The Morgan fingerprint density at radius 2 is 2.57 bits per heavy atom. The first kappa shape index (κ1) is 9.58. The van der Waals surface area contributed by atoms with Crippen LogP contribution in [0.3, 0.4) is 0 Å². The van der Waals surface area contributed by atoms with E-state index in [2.05, 4.69) is 4.98 Å². The fraction of sp³-hybridized carbons (Fsp3) is 0.500. The zero-order chi connectivity index (χ0) is 9.80. The molecule has 0 aliphatic carbocycles. The third-order valence-electron chi connectivity index (χ3n) is 2.24. The highest BCUT2D eigenvalue weighted by Gasteiger charge is 2.20. The number of hydrogen-bond acceptors (Lipinski definition) is 4. The van der Waals surface area contributed by atoms with Crippen molar-refractivity contribution in [3.8, 4) is 0 Å². The summed E-state index contributed by atoms with van der Waals surface area (Å²) in [4.78, 5) is 9.29. The Morgan fingerprint density at radius 1 is 1.64 bits per heavy atom. The molecule has 0 amide bonds. The van der Waals surface area contributed by atoms with Gasteiger partial charge in [0.25, 0.3) is 0 Å². The van der Waals surface area contributed by atoms with Crippen LogP contribution in [0.25, 0.3) is 0 Å². The van der Waals surface area contributed by atoms with Crippen molar-refractivity contribution in [1.29, 1.82) is 0 Å². The number of aliphatic hydroxyl groups excluding tert-OH is 1. The molecule has 1 aliphatic heterocycles. The van der Waals surface area contributed by atoms with Crippen LogP contribution in [0.2, 0.25) is 0 Å². The summed E-state index contributed by atoms with van der Waals surface area (Å²) in [6.45, 7) is 1.84. The Bertz CT molecular complexity index is 279. The summed E-state index contributed by atoms with van der Waals surface area (Å²) in [5.41, 5.74) is 1.19. The fourth-order valence-corrected chi connectivity index (χ4v) is 1.49. The molecule has 0 radical (unpaired) electrons. The Labute approximate surface area is 83.1 Å². The molecule has 0 bridgehead atoms. The molecule has 1 atom stereocenters. The molecule has 1 aliphatic rings. The minimum atomic E-state index is -0.330. The van der Waals surface area contributed by atoms with Crippen LogP contribution in [0.5, 0.6) is 0 Å². The Hall–Kier alpha value is -0.970. The third-order valence-corrected chi connectivity index (χ3v) is 2.24. The average molecular weight is 194 g/mol. The molecule has 0 saturated carbocycles. The molecular weight excluding hydrogens is 180 g/mol. The molecule has 1 saturated heterocycles. The van der Waals surface area contributed by atoms with Gasteiger partial charge in [-0.05, 0) is 18.1 Å². The van der Waals surface area contributed by atoms with Gasteiger partial charge in [-0.15, -0.1) is 0 Å². The highest BCUT2D eigenvalue weighted by Crippen LogP contribution is 2.07. The fourth-order valence-electron chi connectivity index (χ4n) is 1.49. The van der Waals surface area contributed by atoms with Gasteiger partial charge in [-0.1, -0.05) is 6.07 Å². The average Bonchev–Trinajstić information content (AvgIpc) is 2.63. The molecule has 4 nitrogen and oxygen atoms in total. The summed E-state index contributed by atoms with van der Waals surface area (Å²) in [7, 11) is 0. The van der Waals surface area contributed by atoms with E-state index >= 15 is 0 Å². The minimum absolute atomic E-state index is 0.330. The maximum atomic E-state index is 9.22. The quantitative estimate of drug-likeness (QED) is 0.748. The summed E-state index contributed by atoms with van der Waals surface area (Å²) in [6, 6.07) is 3.97. The molecule has 0 spiro atoms. The summed E-state index contributed by atoms with van der Waals surface area (Å²) in [5, 5.41) is 11.0. The predicted molar refractivity (Wildman–Crippen MR) is 51.5 cm³/mol. The number of aliphatic hydroxyl groups is 1. The van der Waals surface area contributed by atoms with E-state index in [1.54, 1.807) is 11.3 Å². The van der Waals surface area contributed by atoms with Gasteiger partial charge in [-0.2, -0.15) is 5.06 Å². The van der Waals surface area contributed by atoms with Crippen LogP contribution in [0.15, 0.2) is 24.5 Å². The maximum Gasteiger partial charge on any atom is 0.0958 e. The molecule has 76 valence electrons. The van der Waals surface area contributed by atoms with Crippen molar-refractivity contribution in [2.24, 2.45) is 0 Å². The second-order valence-electron chi connectivity index (χ2n) is 3.45. The van der Waals surface area contributed by atoms with E-state index in [-0.39, 0.29) is 6.10 Å². The van der Waals surface area contributed by atoms with E-state index in [1.165, 1.54) is 5.56 Å². The third kappa shape index (κ3) is 2.51. The van der Waals surface area contributed by atoms with E-state index in [4.69, 9.17) is 4.84 Å². The molecule has 0 aromatic carbocycles. The maximum absolute atomic E-state index is 9.22. The van der Waals surface area contributed by atoms with Crippen LogP contribution >= 0.6 is 0 Å². The lowest BCUT2D eigenvalue weighted by molar-refractivity contribution is -0.109. The largest absolute Gasteiger partial charge is 0.389 e. The summed E-state index contributed by atoms with van der Waals surface area (Å²) in [6.07, 6.45) is 4.19. The van der Waals surface area contributed by atoms with Crippen molar-refractivity contribution in [3.05, 3.63) is 30.1 Å². The number of aromatic nitrogens is 1. The number of rotatable bonds is 3. The molecule has 2 rings (SSSR count). The van der Waals surface area contributed by atoms with Crippen LogP contribution in [-0.4, -0.2) is 41.0 Å². The summed E-state index contributed by atoms with van der Waals surface area (Å²) < 4.78 is 0. The lowest BCUT2D eigenvalue weighted by atomic mass is 10.2. The van der Waals surface area contributed by atoms with Crippen LogP contribution < -0.4 is 0 Å². The summed E-state index contributed by atoms with van der Waals surface area (Å²) >= 11 is 0.